The van der Waals surface area contributed by atoms with Gasteiger partial charge in [0.05, 0.1) is 23.6 Å². The zero-order chi connectivity index (χ0) is 22.9. The summed E-state index contributed by atoms with van der Waals surface area (Å²) in [6.45, 7) is 4.21. The van der Waals surface area contributed by atoms with Gasteiger partial charge in [-0.1, -0.05) is 44.2 Å². The van der Waals surface area contributed by atoms with Crippen LogP contribution in [0.1, 0.15) is 70.3 Å². The van der Waals surface area contributed by atoms with Crippen molar-refractivity contribution in [3.63, 3.8) is 0 Å². The normalized spacial score (nSPS) is 19.3. The number of methoxy groups -OCH3 is 1. The Morgan fingerprint density at radius 2 is 2.06 bits per heavy atom. The van der Waals surface area contributed by atoms with Crippen LogP contribution >= 0.6 is 11.6 Å². The third-order valence-corrected chi connectivity index (χ3v) is 7.16. The number of carbonyl (C=O) groups is 1. The minimum absolute atomic E-state index is 0.217. The first kappa shape index (κ1) is 24.8. The van der Waals surface area contributed by atoms with Crippen LogP contribution in [0, 0.1) is 5.92 Å². The number of aliphatic carboxylic acids is 1. The van der Waals surface area contributed by atoms with Crippen molar-refractivity contribution in [3.05, 3.63) is 35.0 Å². The van der Waals surface area contributed by atoms with E-state index < -0.39 is 5.97 Å². The van der Waals surface area contributed by atoms with Crippen LogP contribution in [0.3, 0.4) is 0 Å². The molecule has 2 heterocycles. The second kappa shape index (κ2) is 12.4. The number of aryl methyl sites for hydroxylation is 1. The van der Waals surface area contributed by atoms with Gasteiger partial charge in [0, 0.05) is 17.6 Å². The number of piperidine rings is 1. The molecule has 1 aliphatic rings. The van der Waals surface area contributed by atoms with Crippen LogP contribution in [0.25, 0.3) is 10.9 Å². The molecule has 1 aromatic heterocycles. The van der Waals surface area contributed by atoms with Crippen molar-refractivity contribution in [1.29, 1.82) is 0 Å². The molecule has 0 bridgehead atoms. The molecule has 6 heteroatoms. The number of halogens is 1. The zero-order valence-corrected chi connectivity index (χ0v) is 20.2. The lowest BCUT2D eigenvalue weighted by Gasteiger charge is -2.38. The molecule has 1 N–H and O–H groups in total. The monoisotopic (exact) mass is 460 g/mol. The Labute approximate surface area is 197 Å². The van der Waals surface area contributed by atoms with Crippen LogP contribution in [0.2, 0.25) is 5.02 Å². The average Bonchev–Trinajstić information content (AvgIpc) is 2.80. The molecule has 2 aromatic rings. The molecule has 176 valence electrons. The van der Waals surface area contributed by atoms with E-state index in [-0.39, 0.29) is 5.92 Å². The van der Waals surface area contributed by atoms with Gasteiger partial charge in [0.15, 0.2) is 0 Å². The highest BCUT2D eigenvalue weighted by molar-refractivity contribution is 6.32. The highest BCUT2D eigenvalue weighted by atomic mass is 35.5. The predicted octanol–water partition coefficient (Wildman–Crippen LogP) is 6.36. The number of rotatable bonds is 12. The van der Waals surface area contributed by atoms with E-state index in [4.69, 9.17) is 16.3 Å². The summed E-state index contributed by atoms with van der Waals surface area (Å²) in [5.74, 6) is -0.0625. The van der Waals surface area contributed by atoms with Gasteiger partial charge in [-0.25, -0.2) is 0 Å². The number of hydrogen-bond acceptors (Lipinski definition) is 4. The number of fused-ring (bicyclic) bond motifs is 1. The fourth-order valence-corrected chi connectivity index (χ4v) is 5.18. The molecule has 1 aliphatic heterocycles. The lowest BCUT2D eigenvalue weighted by atomic mass is 9.87. The van der Waals surface area contributed by atoms with Gasteiger partial charge in [-0.3, -0.25) is 9.78 Å². The molecule has 0 radical (unpaired) electrons. The van der Waals surface area contributed by atoms with Crippen LogP contribution in [-0.4, -0.2) is 47.2 Å². The fourth-order valence-electron chi connectivity index (χ4n) is 4.93. The van der Waals surface area contributed by atoms with Gasteiger partial charge in [-0.15, -0.1) is 0 Å². The van der Waals surface area contributed by atoms with Gasteiger partial charge in [0.1, 0.15) is 5.75 Å². The van der Waals surface area contributed by atoms with E-state index in [9.17, 15) is 9.90 Å². The molecule has 0 aliphatic carbocycles. The maximum absolute atomic E-state index is 11.6. The quantitative estimate of drug-likeness (QED) is 0.373. The van der Waals surface area contributed by atoms with E-state index in [0.29, 0.717) is 11.1 Å². The minimum atomic E-state index is -0.645. The molecule has 0 saturated carbocycles. The predicted molar refractivity (Wildman–Crippen MR) is 131 cm³/mol. The van der Waals surface area contributed by atoms with Crippen LogP contribution < -0.4 is 4.74 Å². The number of likely N-dealkylation sites (tertiary alicyclic amines) is 1. The molecule has 0 amide bonds. The Morgan fingerprint density at radius 3 is 2.81 bits per heavy atom. The lowest BCUT2D eigenvalue weighted by molar-refractivity contribution is -0.144. The third-order valence-electron chi connectivity index (χ3n) is 6.83. The third kappa shape index (κ3) is 6.58. The summed E-state index contributed by atoms with van der Waals surface area (Å²) in [4.78, 5) is 18.6. The number of benzene rings is 1. The second-order valence-electron chi connectivity index (χ2n) is 9.02. The summed E-state index contributed by atoms with van der Waals surface area (Å²) in [6, 6.07) is 6.22. The minimum Gasteiger partial charge on any atom is -0.497 e. The van der Waals surface area contributed by atoms with Crippen molar-refractivity contribution < 1.29 is 14.6 Å². The highest BCUT2D eigenvalue weighted by Crippen LogP contribution is 2.31. The SMILES string of the molecule is CCCCCCCN1CCC(C(=O)O)CC1CCCc1c(Cl)cnc2ccc(OC)cc12. The number of hydrogen-bond donors (Lipinski definition) is 1. The number of carboxylic acid groups (broad SMARTS) is 1. The number of nitrogens with zero attached hydrogens (tertiary/aromatic N) is 2. The first-order chi connectivity index (χ1) is 15.5. The Balaban J connectivity index is 1.64. The van der Waals surface area contributed by atoms with Crippen LogP contribution in [0.15, 0.2) is 24.4 Å². The Bertz CT molecular complexity index is 889. The van der Waals surface area contributed by atoms with Crippen molar-refractivity contribution in [2.24, 2.45) is 5.92 Å². The van der Waals surface area contributed by atoms with Gasteiger partial charge < -0.3 is 14.7 Å². The van der Waals surface area contributed by atoms with Gasteiger partial charge in [0.2, 0.25) is 0 Å². The highest BCUT2D eigenvalue weighted by Gasteiger charge is 2.31. The maximum Gasteiger partial charge on any atom is 0.306 e. The van der Waals surface area contributed by atoms with Crippen molar-refractivity contribution in [2.75, 3.05) is 20.2 Å². The molecule has 2 unspecified atom stereocenters. The summed E-state index contributed by atoms with van der Waals surface area (Å²) >= 11 is 6.53. The van der Waals surface area contributed by atoms with Crippen molar-refractivity contribution in [3.8, 4) is 5.75 Å². The lowest BCUT2D eigenvalue weighted by Crippen LogP contribution is -2.44. The van der Waals surface area contributed by atoms with E-state index in [0.717, 1.165) is 67.4 Å². The smallest absolute Gasteiger partial charge is 0.306 e. The molecule has 1 fully saturated rings. The van der Waals surface area contributed by atoms with E-state index in [1.807, 2.05) is 18.2 Å². The molecule has 0 spiro atoms. The van der Waals surface area contributed by atoms with Crippen LogP contribution in [0.4, 0.5) is 0 Å². The standard InChI is InChI=1S/C26H37ClN2O3/c1-3-4-5-6-7-14-29-15-13-19(26(30)31)16-20(29)9-8-10-22-23-17-21(32-2)11-12-25(23)28-18-24(22)27/h11-12,17-20H,3-10,13-16H2,1-2H3,(H,30,31). The van der Waals surface area contributed by atoms with Gasteiger partial charge in [0.25, 0.3) is 0 Å². The van der Waals surface area contributed by atoms with E-state index in [1.54, 1.807) is 13.3 Å². The molecular formula is C26H37ClN2O3. The molecule has 2 atom stereocenters. The topological polar surface area (TPSA) is 62.7 Å². The summed E-state index contributed by atoms with van der Waals surface area (Å²) < 4.78 is 5.39. The zero-order valence-electron chi connectivity index (χ0n) is 19.5. The number of unbranched alkanes of at least 4 members (excludes halogenated alkanes) is 4. The van der Waals surface area contributed by atoms with E-state index in [2.05, 4.69) is 16.8 Å². The number of carboxylic acids is 1. The molecule has 1 saturated heterocycles. The summed E-state index contributed by atoms with van der Waals surface area (Å²) in [6.07, 6.45) is 12.4. The van der Waals surface area contributed by atoms with Crippen LogP contribution in [0.5, 0.6) is 5.75 Å². The van der Waals surface area contributed by atoms with Crippen LogP contribution in [-0.2, 0) is 11.2 Å². The number of aromatic nitrogens is 1. The average molecular weight is 461 g/mol. The fraction of sp³-hybridized carbons (Fsp3) is 0.615. The first-order valence-electron chi connectivity index (χ1n) is 12.1. The van der Waals surface area contributed by atoms with Gasteiger partial charge in [-0.05, 0) is 75.4 Å². The first-order valence-corrected chi connectivity index (χ1v) is 12.5. The van der Waals surface area contributed by atoms with E-state index >= 15 is 0 Å². The summed E-state index contributed by atoms with van der Waals surface area (Å²) in [5, 5.41) is 11.3. The molecule has 1 aromatic carbocycles. The largest absolute Gasteiger partial charge is 0.497 e. The molecule has 3 rings (SSSR count). The molecule has 32 heavy (non-hydrogen) atoms. The Hall–Kier alpha value is -1.85. The van der Waals surface area contributed by atoms with Crippen molar-refractivity contribution in [1.82, 2.24) is 9.88 Å². The summed E-state index contributed by atoms with van der Waals surface area (Å²) in [7, 11) is 1.66. The Morgan fingerprint density at radius 1 is 1.25 bits per heavy atom. The summed E-state index contributed by atoms with van der Waals surface area (Å²) in [5.41, 5.74) is 2.02. The van der Waals surface area contributed by atoms with Crippen molar-refractivity contribution >= 4 is 28.5 Å². The second-order valence-corrected chi connectivity index (χ2v) is 9.43. The van der Waals surface area contributed by atoms with E-state index in [1.165, 1.54) is 32.1 Å². The number of ether oxygens (including phenoxy) is 1. The maximum atomic E-state index is 11.6. The molecule has 5 nitrogen and oxygen atoms in total. The number of pyridine rings is 1. The van der Waals surface area contributed by atoms with Gasteiger partial charge >= 0.3 is 5.97 Å². The Kier molecular flexibility index (Phi) is 9.61. The van der Waals surface area contributed by atoms with Gasteiger partial charge in [-0.2, -0.15) is 0 Å². The molecular weight excluding hydrogens is 424 g/mol. The van der Waals surface area contributed by atoms with Crippen molar-refractivity contribution in [2.45, 2.75) is 77.2 Å².